The fraction of sp³-hybridized carbons (Fsp3) is 0.300. The number of nitrogens with zero attached hydrogens (tertiary/aromatic N) is 2. The van der Waals surface area contributed by atoms with Crippen LogP contribution in [0, 0.1) is 0 Å². The number of rotatable bonds is 3. The predicted molar refractivity (Wildman–Crippen MR) is 61.1 cm³/mol. The Kier molecular flexibility index (Phi) is 3.12. The molecule has 0 aliphatic heterocycles. The predicted octanol–water partition coefficient (Wildman–Crippen LogP) is 3.51. The second kappa shape index (κ2) is 4.39. The average Bonchev–Trinajstić information content (AvgIpc) is 2.62. The van der Waals surface area contributed by atoms with Crippen LogP contribution in [-0.4, -0.2) is 15.8 Å². The second-order valence-corrected chi connectivity index (χ2v) is 3.98. The summed E-state index contributed by atoms with van der Waals surface area (Å²) in [6.45, 7) is 1.92. The molecule has 0 aromatic carbocycles. The van der Waals surface area contributed by atoms with Crippen LogP contribution >= 0.6 is 23.2 Å². The van der Waals surface area contributed by atoms with Crippen molar-refractivity contribution in [1.82, 2.24) is 9.97 Å². The lowest BCUT2D eigenvalue weighted by atomic mass is 10.2. The standard InChI is InChI=1S/C10H8Cl2N2O2/c1-2-3-6(15)7-4-5-8(16-7)9(11)14-10(12)13-5/h4H,2-3H2,1H3. The van der Waals surface area contributed by atoms with E-state index < -0.39 is 0 Å². The van der Waals surface area contributed by atoms with Crippen molar-refractivity contribution in [2.75, 3.05) is 0 Å². The van der Waals surface area contributed by atoms with E-state index in [0.29, 0.717) is 17.5 Å². The van der Waals surface area contributed by atoms with Crippen molar-refractivity contribution in [3.05, 3.63) is 22.3 Å². The monoisotopic (exact) mass is 258 g/mol. The molecular formula is C10H8Cl2N2O2. The Hall–Kier alpha value is -1.13. The summed E-state index contributed by atoms with van der Waals surface area (Å²) in [5.41, 5.74) is 0.745. The number of carbonyl (C=O) groups excluding carboxylic acids is 1. The fourth-order valence-electron chi connectivity index (χ4n) is 1.36. The first-order valence-corrected chi connectivity index (χ1v) is 5.53. The van der Waals surface area contributed by atoms with Gasteiger partial charge in [-0.25, -0.2) is 9.97 Å². The van der Waals surface area contributed by atoms with Crippen LogP contribution in [0.2, 0.25) is 10.4 Å². The van der Waals surface area contributed by atoms with Gasteiger partial charge in [-0.3, -0.25) is 4.79 Å². The van der Waals surface area contributed by atoms with Crippen LogP contribution in [0.5, 0.6) is 0 Å². The van der Waals surface area contributed by atoms with E-state index in [1.807, 2.05) is 6.92 Å². The molecule has 16 heavy (non-hydrogen) atoms. The van der Waals surface area contributed by atoms with Gasteiger partial charge in [-0.05, 0) is 18.0 Å². The van der Waals surface area contributed by atoms with E-state index >= 15 is 0 Å². The summed E-state index contributed by atoms with van der Waals surface area (Å²) in [4.78, 5) is 19.3. The first kappa shape index (κ1) is 11.4. The van der Waals surface area contributed by atoms with Gasteiger partial charge in [0.1, 0.15) is 5.52 Å². The molecule has 0 atom stereocenters. The first-order valence-electron chi connectivity index (χ1n) is 4.77. The molecule has 0 bridgehead atoms. The molecule has 2 rings (SSSR count). The zero-order valence-electron chi connectivity index (χ0n) is 8.46. The highest BCUT2D eigenvalue weighted by Crippen LogP contribution is 2.26. The normalized spacial score (nSPS) is 10.9. The molecular weight excluding hydrogens is 251 g/mol. The van der Waals surface area contributed by atoms with E-state index in [1.165, 1.54) is 6.07 Å². The van der Waals surface area contributed by atoms with Crippen LogP contribution < -0.4 is 0 Å². The summed E-state index contributed by atoms with van der Waals surface area (Å²) in [5, 5.41) is 0.151. The molecule has 0 N–H and O–H groups in total. The molecule has 84 valence electrons. The van der Waals surface area contributed by atoms with Gasteiger partial charge < -0.3 is 4.42 Å². The number of Topliss-reactive ketones (excluding diaryl/α,β-unsaturated/α-hetero) is 1. The molecule has 0 saturated heterocycles. The van der Waals surface area contributed by atoms with Crippen molar-refractivity contribution in [1.29, 1.82) is 0 Å². The van der Waals surface area contributed by atoms with E-state index in [-0.39, 0.29) is 22.0 Å². The largest absolute Gasteiger partial charge is 0.448 e. The number of ketones is 1. The summed E-state index contributed by atoms with van der Waals surface area (Å²) in [5.74, 6) is 0.169. The van der Waals surface area contributed by atoms with Gasteiger partial charge in [0.25, 0.3) is 0 Å². The fourth-order valence-corrected chi connectivity index (χ4v) is 1.79. The average molecular weight is 259 g/mol. The molecule has 0 unspecified atom stereocenters. The lowest BCUT2D eigenvalue weighted by Crippen LogP contribution is -1.94. The minimum Gasteiger partial charge on any atom is -0.448 e. The molecule has 6 heteroatoms. The third-order valence-electron chi connectivity index (χ3n) is 2.05. The summed E-state index contributed by atoms with van der Waals surface area (Å²) in [6.07, 6.45) is 1.19. The molecule has 0 radical (unpaired) electrons. The van der Waals surface area contributed by atoms with Gasteiger partial charge in [-0.2, -0.15) is 0 Å². The smallest absolute Gasteiger partial charge is 0.224 e. The zero-order chi connectivity index (χ0) is 11.7. The van der Waals surface area contributed by atoms with Crippen molar-refractivity contribution >= 4 is 40.1 Å². The maximum absolute atomic E-state index is 11.6. The highest BCUT2D eigenvalue weighted by Gasteiger charge is 2.15. The van der Waals surface area contributed by atoms with Crippen molar-refractivity contribution in [3.8, 4) is 0 Å². The zero-order valence-corrected chi connectivity index (χ0v) is 9.97. The number of hydrogen-bond acceptors (Lipinski definition) is 4. The molecule has 2 aromatic rings. The Labute approximate surface area is 102 Å². The Morgan fingerprint density at radius 1 is 1.44 bits per heavy atom. The van der Waals surface area contributed by atoms with Crippen molar-refractivity contribution in [3.63, 3.8) is 0 Å². The molecule has 0 saturated carbocycles. The van der Waals surface area contributed by atoms with Crippen LogP contribution in [0.1, 0.15) is 30.3 Å². The summed E-state index contributed by atoms with van der Waals surface area (Å²) in [7, 11) is 0. The van der Waals surface area contributed by atoms with Crippen LogP contribution in [0.3, 0.4) is 0 Å². The second-order valence-electron chi connectivity index (χ2n) is 3.28. The van der Waals surface area contributed by atoms with Gasteiger partial charge in [0.15, 0.2) is 22.3 Å². The minimum atomic E-state index is -0.0762. The number of hydrogen-bond donors (Lipinski definition) is 0. The lowest BCUT2D eigenvalue weighted by molar-refractivity contribution is 0.0957. The molecule has 4 nitrogen and oxygen atoms in total. The number of halogens is 2. The highest BCUT2D eigenvalue weighted by molar-refractivity contribution is 6.35. The number of carbonyl (C=O) groups is 1. The molecule has 0 aliphatic rings. The maximum Gasteiger partial charge on any atom is 0.224 e. The third-order valence-corrected chi connectivity index (χ3v) is 2.48. The summed E-state index contributed by atoms with van der Waals surface area (Å²) in [6, 6.07) is 1.53. The van der Waals surface area contributed by atoms with Gasteiger partial charge in [-0.1, -0.05) is 18.5 Å². The van der Waals surface area contributed by atoms with Crippen LogP contribution in [0.15, 0.2) is 10.5 Å². The Bertz CT molecular complexity index is 551. The van der Waals surface area contributed by atoms with Crippen molar-refractivity contribution in [2.24, 2.45) is 0 Å². The molecule has 0 spiro atoms. The topological polar surface area (TPSA) is 56.0 Å². The molecule has 0 amide bonds. The Morgan fingerprint density at radius 3 is 2.88 bits per heavy atom. The Morgan fingerprint density at radius 2 is 2.19 bits per heavy atom. The van der Waals surface area contributed by atoms with Crippen molar-refractivity contribution < 1.29 is 9.21 Å². The molecule has 0 aliphatic carbocycles. The van der Waals surface area contributed by atoms with Gasteiger partial charge >= 0.3 is 0 Å². The first-order chi connectivity index (χ1) is 7.61. The number of fused-ring (bicyclic) bond motifs is 1. The highest BCUT2D eigenvalue weighted by atomic mass is 35.5. The molecule has 2 aromatic heterocycles. The van der Waals surface area contributed by atoms with Crippen LogP contribution in [0.4, 0.5) is 0 Å². The number of furan rings is 1. The summed E-state index contributed by atoms with van der Waals surface area (Å²) < 4.78 is 5.30. The van der Waals surface area contributed by atoms with E-state index in [1.54, 1.807) is 0 Å². The van der Waals surface area contributed by atoms with Gasteiger partial charge in [0, 0.05) is 12.5 Å². The lowest BCUT2D eigenvalue weighted by Gasteiger charge is -1.92. The van der Waals surface area contributed by atoms with E-state index in [9.17, 15) is 4.79 Å². The molecule has 0 fully saturated rings. The van der Waals surface area contributed by atoms with Crippen molar-refractivity contribution in [2.45, 2.75) is 19.8 Å². The van der Waals surface area contributed by atoms with Crippen LogP contribution in [-0.2, 0) is 0 Å². The van der Waals surface area contributed by atoms with Crippen LogP contribution in [0.25, 0.3) is 11.1 Å². The number of aromatic nitrogens is 2. The van der Waals surface area contributed by atoms with Gasteiger partial charge in [-0.15, -0.1) is 0 Å². The summed E-state index contributed by atoms with van der Waals surface area (Å²) >= 11 is 11.5. The maximum atomic E-state index is 11.6. The minimum absolute atomic E-state index is 0.0350. The molecule has 2 heterocycles. The van der Waals surface area contributed by atoms with Gasteiger partial charge in [0.2, 0.25) is 5.28 Å². The SMILES string of the molecule is CCCC(=O)c1cc2nc(Cl)nc(Cl)c2o1. The quantitative estimate of drug-likeness (QED) is 0.480. The van der Waals surface area contributed by atoms with Gasteiger partial charge in [0.05, 0.1) is 0 Å². The van der Waals surface area contributed by atoms with E-state index in [4.69, 9.17) is 27.6 Å². The van der Waals surface area contributed by atoms with E-state index in [0.717, 1.165) is 6.42 Å². The van der Waals surface area contributed by atoms with E-state index in [2.05, 4.69) is 9.97 Å². The Balaban J connectivity index is 2.51. The third kappa shape index (κ3) is 2.03.